The van der Waals surface area contributed by atoms with Crippen molar-refractivity contribution in [2.24, 2.45) is 10.9 Å². The van der Waals surface area contributed by atoms with E-state index in [1.54, 1.807) is 7.05 Å². The zero-order chi connectivity index (χ0) is 15.5. The Kier molecular flexibility index (Phi) is 12.5. The van der Waals surface area contributed by atoms with Gasteiger partial charge < -0.3 is 24.8 Å². The fourth-order valence-corrected chi connectivity index (χ4v) is 1.93. The number of ether oxygens (including phenoxy) is 3. The second kappa shape index (κ2) is 12.9. The largest absolute Gasteiger partial charge is 0.469 e. The van der Waals surface area contributed by atoms with Crippen molar-refractivity contribution in [2.45, 2.75) is 25.9 Å². The molecule has 1 aliphatic heterocycles. The standard InChI is InChI=1S/C14H27N3O4.HI/c1-11(13(18)19-3)9-17-14(15-2)16-6-4-7-21-12-5-8-20-10-12;/h11-12H,4-10H2,1-3H3,(H2,15,16,17);1H. The Labute approximate surface area is 149 Å². The first-order valence-electron chi connectivity index (χ1n) is 7.39. The highest BCUT2D eigenvalue weighted by Gasteiger charge is 2.15. The Bertz CT molecular complexity index is 336. The Morgan fingerprint density at radius 1 is 1.45 bits per heavy atom. The third kappa shape index (κ3) is 8.74. The van der Waals surface area contributed by atoms with Gasteiger partial charge in [0.2, 0.25) is 0 Å². The summed E-state index contributed by atoms with van der Waals surface area (Å²) in [5.41, 5.74) is 0. The van der Waals surface area contributed by atoms with Crippen molar-refractivity contribution in [3.63, 3.8) is 0 Å². The average molecular weight is 429 g/mol. The van der Waals surface area contributed by atoms with Crippen LogP contribution in [0, 0.1) is 5.92 Å². The zero-order valence-corrected chi connectivity index (χ0v) is 15.9. The van der Waals surface area contributed by atoms with Crippen molar-refractivity contribution in [1.29, 1.82) is 0 Å². The molecule has 0 spiro atoms. The van der Waals surface area contributed by atoms with E-state index in [0.29, 0.717) is 25.7 Å². The number of nitrogens with one attached hydrogen (secondary N) is 2. The van der Waals surface area contributed by atoms with Crippen LogP contribution in [0.25, 0.3) is 0 Å². The molecule has 0 aromatic heterocycles. The molecule has 1 saturated heterocycles. The maximum absolute atomic E-state index is 11.3. The van der Waals surface area contributed by atoms with Crippen LogP contribution in [0.2, 0.25) is 0 Å². The summed E-state index contributed by atoms with van der Waals surface area (Å²) in [4.78, 5) is 15.4. The summed E-state index contributed by atoms with van der Waals surface area (Å²) in [5.74, 6) is 0.235. The van der Waals surface area contributed by atoms with Crippen LogP contribution in [0.5, 0.6) is 0 Å². The lowest BCUT2D eigenvalue weighted by molar-refractivity contribution is -0.144. The molecule has 7 nitrogen and oxygen atoms in total. The van der Waals surface area contributed by atoms with Crippen LogP contribution in [-0.4, -0.2) is 65.1 Å². The minimum Gasteiger partial charge on any atom is -0.469 e. The number of carbonyl (C=O) groups is 1. The second-order valence-electron chi connectivity index (χ2n) is 5.01. The first kappa shape index (κ1) is 21.4. The molecule has 2 atom stereocenters. The molecule has 0 aliphatic carbocycles. The van der Waals surface area contributed by atoms with Gasteiger partial charge in [0.15, 0.2) is 5.96 Å². The summed E-state index contributed by atoms with van der Waals surface area (Å²) in [6.07, 6.45) is 2.13. The number of hydrogen-bond donors (Lipinski definition) is 2. The van der Waals surface area contributed by atoms with Gasteiger partial charge in [0.05, 0.1) is 25.7 Å². The molecule has 0 saturated carbocycles. The zero-order valence-electron chi connectivity index (χ0n) is 13.6. The number of guanidine groups is 1. The number of esters is 1. The van der Waals surface area contributed by atoms with E-state index >= 15 is 0 Å². The van der Waals surface area contributed by atoms with E-state index in [1.165, 1.54) is 7.11 Å². The Balaban J connectivity index is 0.00000441. The second-order valence-corrected chi connectivity index (χ2v) is 5.01. The monoisotopic (exact) mass is 429 g/mol. The fraction of sp³-hybridized carbons (Fsp3) is 0.857. The molecular weight excluding hydrogens is 401 g/mol. The number of hydrogen-bond acceptors (Lipinski definition) is 5. The maximum Gasteiger partial charge on any atom is 0.310 e. The molecule has 8 heteroatoms. The van der Waals surface area contributed by atoms with E-state index < -0.39 is 0 Å². The van der Waals surface area contributed by atoms with Crippen molar-refractivity contribution >= 4 is 35.9 Å². The summed E-state index contributed by atoms with van der Waals surface area (Å²) in [6, 6.07) is 0. The molecule has 22 heavy (non-hydrogen) atoms. The van der Waals surface area contributed by atoms with Crippen LogP contribution in [0.4, 0.5) is 0 Å². The van der Waals surface area contributed by atoms with Crippen molar-refractivity contribution in [2.75, 3.05) is 47.1 Å². The summed E-state index contributed by atoms with van der Waals surface area (Å²) in [5, 5.41) is 6.28. The van der Waals surface area contributed by atoms with E-state index in [0.717, 1.165) is 26.0 Å². The van der Waals surface area contributed by atoms with Gasteiger partial charge in [-0.15, -0.1) is 24.0 Å². The van der Waals surface area contributed by atoms with Crippen molar-refractivity contribution in [1.82, 2.24) is 10.6 Å². The number of aliphatic imine (C=N–C) groups is 1. The molecule has 2 unspecified atom stereocenters. The summed E-state index contributed by atoms with van der Waals surface area (Å²) in [6.45, 7) is 5.28. The normalized spacial score (nSPS) is 19.2. The summed E-state index contributed by atoms with van der Waals surface area (Å²) >= 11 is 0. The Morgan fingerprint density at radius 3 is 2.82 bits per heavy atom. The Hall–Kier alpha value is -0.610. The molecule has 0 amide bonds. The number of halogens is 1. The maximum atomic E-state index is 11.3. The molecule has 0 bridgehead atoms. The van der Waals surface area contributed by atoms with E-state index in [4.69, 9.17) is 9.47 Å². The molecule has 1 rings (SSSR count). The number of methoxy groups -OCH3 is 1. The lowest BCUT2D eigenvalue weighted by Gasteiger charge is -2.15. The van der Waals surface area contributed by atoms with Gasteiger partial charge in [0.1, 0.15) is 0 Å². The highest BCUT2D eigenvalue weighted by atomic mass is 127. The molecule has 0 radical (unpaired) electrons. The highest BCUT2D eigenvalue weighted by molar-refractivity contribution is 14.0. The third-order valence-electron chi connectivity index (χ3n) is 3.26. The van der Waals surface area contributed by atoms with Gasteiger partial charge in [-0.1, -0.05) is 6.92 Å². The number of nitrogens with zero attached hydrogens (tertiary/aromatic N) is 1. The van der Waals surface area contributed by atoms with Crippen LogP contribution < -0.4 is 10.6 Å². The predicted molar refractivity (Wildman–Crippen MR) is 95.8 cm³/mol. The van der Waals surface area contributed by atoms with Gasteiger partial charge in [-0.05, 0) is 12.8 Å². The first-order valence-corrected chi connectivity index (χ1v) is 7.39. The molecule has 1 aliphatic rings. The fourth-order valence-electron chi connectivity index (χ4n) is 1.93. The van der Waals surface area contributed by atoms with E-state index in [-0.39, 0.29) is 42.0 Å². The van der Waals surface area contributed by atoms with Crippen molar-refractivity contribution < 1.29 is 19.0 Å². The quantitative estimate of drug-likeness (QED) is 0.195. The molecule has 130 valence electrons. The van der Waals surface area contributed by atoms with E-state index in [2.05, 4.69) is 20.4 Å². The molecule has 1 heterocycles. The van der Waals surface area contributed by atoms with Crippen LogP contribution in [0.1, 0.15) is 19.8 Å². The van der Waals surface area contributed by atoms with Gasteiger partial charge in [-0.3, -0.25) is 9.79 Å². The van der Waals surface area contributed by atoms with Crippen molar-refractivity contribution in [3.8, 4) is 0 Å². The minimum absolute atomic E-state index is 0. The topological polar surface area (TPSA) is 81.2 Å². The van der Waals surface area contributed by atoms with Gasteiger partial charge in [-0.2, -0.15) is 0 Å². The van der Waals surface area contributed by atoms with Gasteiger partial charge in [-0.25, -0.2) is 0 Å². The Morgan fingerprint density at radius 2 is 2.23 bits per heavy atom. The highest BCUT2D eigenvalue weighted by Crippen LogP contribution is 2.07. The SMILES string of the molecule is CN=C(NCCCOC1CCOC1)NCC(C)C(=O)OC.I. The lowest BCUT2D eigenvalue weighted by Crippen LogP contribution is -2.41. The summed E-state index contributed by atoms with van der Waals surface area (Å²) < 4.78 is 15.6. The lowest BCUT2D eigenvalue weighted by atomic mass is 10.2. The van der Waals surface area contributed by atoms with Crippen LogP contribution in [0.3, 0.4) is 0 Å². The first-order chi connectivity index (χ1) is 10.2. The van der Waals surface area contributed by atoms with Crippen molar-refractivity contribution in [3.05, 3.63) is 0 Å². The predicted octanol–water partition coefficient (Wildman–Crippen LogP) is 0.774. The molecule has 0 aromatic carbocycles. The number of rotatable bonds is 8. The van der Waals surface area contributed by atoms with Gasteiger partial charge in [0.25, 0.3) is 0 Å². The third-order valence-corrected chi connectivity index (χ3v) is 3.26. The average Bonchev–Trinajstić information content (AvgIpc) is 3.02. The molecule has 0 aromatic rings. The molecular formula is C14H28IN3O4. The van der Waals surface area contributed by atoms with Crippen LogP contribution in [-0.2, 0) is 19.0 Å². The van der Waals surface area contributed by atoms with E-state index in [9.17, 15) is 4.79 Å². The van der Waals surface area contributed by atoms with Crippen LogP contribution >= 0.6 is 24.0 Å². The van der Waals surface area contributed by atoms with Crippen LogP contribution in [0.15, 0.2) is 4.99 Å². The summed E-state index contributed by atoms with van der Waals surface area (Å²) in [7, 11) is 3.09. The number of carbonyl (C=O) groups excluding carboxylic acids is 1. The molecule has 1 fully saturated rings. The van der Waals surface area contributed by atoms with E-state index in [1.807, 2.05) is 6.92 Å². The smallest absolute Gasteiger partial charge is 0.310 e. The molecule has 2 N–H and O–H groups in total. The minimum atomic E-state index is -0.231. The van der Waals surface area contributed by atoms with Gasteiger partial charge >= 0.3 is 5.97 Å². The van der Waals surface area contributed by atoms with Gasteiger partial charge in [0, 0.05) is 33.4 Å².